The van der Waals surface area contributed by atoms with Crippen LogP contribution in [0.3, 0.4) is 0 Å². The number of halogens is 1. The smallest absolute Gasteiger partial charge is 0.258 e. The second kappa shape index (κ2) is 18.5. The van der Waals surface area contributed by atoms with E-state index >= 15 is 0 Å². The number of aliphatic hydroxyl groups excluding tert-OH is 2. The highest BCUT2D eigenvalue weighted by Crippen LogP contribution is 2.42. The van der Waals surface area contributed by atoms with Crippen molar-refractivity contribution in [3.63, 3.8) is 0 Å². The van der Waals surface area contributed by atoms with E-state index < -0.39 is 18.1 Å². The molecule has 5 aromatic carbocycles. The summed E-state index contributed by atoms with van der Waals surface area (Å²) in [7, 11) is 0. The maximum absolute atomic E-state index is 14.4. The van der Waals surface area contributed by atoms with Gasteiger partial charge < -0.3 is 25.0 Å². The zero-order valence-corrected chi connectivity index (χ0v) is 31.3. The molecular weight excluding hydrogens is 690 g/mol. The quantitative estimate of drug-likeness (QED) is 0.0923. The number of nitrogens with zero attached hydrogens (tertiary/aromatic N) is 2. The van der Waals surface area contributed by atoms with Crippen molar-refractivity contribution in [2.24, 2.45) is 0 Å². The van der Waals surface area contributed by atoms with Crippen LogP contribution < -0.4 is 5.32 Å². The van der Waals surface area contributed by atoms with Gasteiger partial charge in [0.05, 0.1) is 17.4 Å². The monoisotopic (exact) mass is 737 g/mol. The Balaban J connectivity index is 1.27. The molecule has 3 N–H and O–H groups in total. The molecule has 0 saturated heterocycles. The Labute approximate surface area is 322 Å². The zero-order valence-electron chi connectivity index (χ0n) is 31.3. The molecule has 0 bridgehead atoms. The number of carbonyl (C=O) groups excluding carboxylic acids is 2. The van der Waals surface area contributed by atoms with Gasteiger partial charge in [0.1, 0.15) is 11.9 Å². The van der Waals surface area contributed by atoms with Crippen LogP contribution in [0.4, 0.5) is 10.1 Å². The lowest BCUT2D eigenvalue weighted by Gasteiger charge is -2.26. The van der Waals surface area contributed by atoms with Crippen molar-refractivity contribution in [1.29, 1.82) is 0 Å². The number of hydrogen-bond donors (Lipinski definition) is 3. The molecule has 6 rings (SSSR count). The third-order valence-corrected chi connectivity index (χ3v) is 9.78. The summed E-state index contributed by atoms with van der Waals surface area (Å²) < 4.78 is 16.4. The van der Waals surface area contributed by atoms with Gasteiger partial charge in [-0.05, 0) is 83.8 Å². The minimum Gasteiger partial charge on any atom is -0.393 e. The number of nitrogens with one attached hydrogen (secondary N) is 1. The molecular formula is C47H48FN3O4. The predicted molar refractivity (Wildman–Crippen MR) is 217 cm³/mol. The number of aromatic nitrogens is 1. The molecule has 0 aliphatic carbocycles. The molecule has 8 heteroatoms. The zero-order chi connectivity index (χ0) is 38.7. The van der Waals surface area contributed by atoms with Crippen molar-refractivity contribution in [3.05, 3.63) is 174 Å². The van der Waals surface area contributed by atoms with Gasteiger partial charge in [-0.15, -0.1) is 0 Å². The fraction of sp³-hybridized carbons (Fsp3) is 0.234. The van der Waals surface area contributed by atoms with Crippen molar-refractivity contribution in [1.82, 2.24) is 9.47 Å². The molecule has 1 aromatic heterocycles. The molecule has 0 fully saturated rings. The van der Waals surface area contributed by atoms with Gasteiger partial charge in [-0.25, -0.2) is 4.39 Å². The third kappa shape index (κ3) is 9.84. The molecule has 7 nitrogen and oxygen atoms in total. The molecule has 0 spiro atoms. The highest BCUT2D eigenvalue weighted by atomic mass is 19.1. The first-order valence-electron chi connectivity index (χ1n) is 18.9. The summed E-state index contributed by atoms with van der Waals surface area (Å²) in [4.78, 5) is 29.7. The van der Waals surface area contributed by atoms with Crippen molar-refractivity contribution in [3.8, 4) is 22.4 Å². The SMILES string of the molecule is CC(C)c1c(C(=O)Nc2ccccc2)c(-c2ccccc2)c(-c2ccc(F)cc2)n1CC[C@H](O)CC[C@@H](O)C(=O)N(Cc1ccccc1)Cc1ccccc1. The van der Waals surface area contributed by atoms with Gasteiger partial charge in [0, 0.05) is 36.6 Å². The number of carbonyl (C=O) groups is 2. The second-order valence-corrected chi connectivity index (χ2v) is 14.2. The normalized spacial score (nSPS) is 12.3. The van der Waals surface area contributed by atoms with Crippen LogP contribution in [0.25, 0.3) is 22.4 Å². The van der Waals surface area contributed by atoms with Gasteiger partial charge in [0.15, 0.2) is 0 Å². The Hall–Kier alpha value is -5.83. The van der Waals surface area contributed by atoms with Crippen molar-refractivity contribution >= 4 is 17.5 Å². The number of anilines is 1. The van der Waals surface area contributed by atoms with Gasteiger partial charge in [-0.3, -0.25) is 9.59 Å². The third-order valence-electron chi connectivity index (χ3n) is 9.78. The van der Waals surface area contributed by atoms with Crippen molar-refractivity contribution in [2.75, 3.05) is 5.32 Å². The van der Waals surface area contributed by atoms with E-state index in [1.165, 1.54) is 12.1 Å². The Morgan fingerprint density at radius 3 is 1.75 bits per heavy atom. The summed E-state index contributed by atoms with van der Waals surface area (Å²) in [6, 6.07) is 44.6. The van der Waals surface area contributed by atoms with Gasteiger partial charge in [0.2, 0.25) is 0 Å². The molecule has 0 saturated carbocycles. The molecule has 0 aliphatic rings. The molecule has 6 aromatic rings. The van der Waals surface area contributed by atoms with Crippen LogP contribution in [0.1, 0.15) is 66.2 Å². The lowest BCUT2D eigenvalue weighted by atomic mass is 9.94. The Morgan fingerprint density at radius 2 is 1.20 bits per heavy atom. The lowest BCUT2D eigenvalue weighted by Crippen LogP contribution is -2.38. The molecule has 55 heavy (non-hydrogen) atoms. The van der Waals surface area contributed by atoms with E-state index in [9.17, 15) is 24.2 Å². The standard InChI is InChI=1S/C47H48FN3O4/c1-33(2)44-43(46(54)49-39-21-13-6-14-22-39)42(36-19-11-5-12-20-36)45(37-23-25-38(48)26-24-37)51(44)30-29-40(52)27-28-41(53)47(55)50(31-34-15-7-3-8-16-34)32-35-17-9-4-10-18-35/h3-26,33,40-41,52-53H,27-32H2,1-2H3,(H,49,54)/t40-,41-/m1/s1. The molecule has 2 atom stereocenters. The predicted octanol–water partition coefficient (Wildman–Crippen LogP) is 9.46. The van der Waals surface area contributed by atoms with Gasteiger partial charge in [0.25, 0.3) is 11.8 Å². The molecule has 0 radical (unpaired) electrons. The second-order valence-electron chi connectivity index (χ2n) is 14.2. The van der Waals surface area contributed by atoms with Crippen molar-refractivity contribution in [2.45, 2.75) is 70.9 Å². The summed E-state index contributed by atoms with van der Waals surface area (Å²) in [5, 5.41) is 25.7. The van der Waals surface area contributed by atoms with Crippen LogP contribution in [0.15, 0.2) is 146 Å². The number of hydrogen-bond acceptors (Lipinski definition) is 4. The van der Waals surface area contributed by atoms with E-state index in [0.717, 1.165) is 39.2 Å². The fourth-order valence-corrected chi connectivity index (χ4v) is 7.13. The van der Waals surface area contributed by atoms with Crippen LogP contribution in [0.5, 0.6) is 0 Å². The maximum Gasteiger partial charge on any atom is 0.258 e. The number of benzene rings is 5. The Kier molecular flexibility index (Phi) is 13.1. The Morgan fingerprint density at radius 1 is 0.673 bits per heavy atom. The van der Waals surface area contributed by atoms with Crippen LogP contribution in [-0.2, 0) is 24.4 Å². The molecule has 0 unspecified atom stereocenters. The number of para-hydroxylation sites is 1. The number of aliphatic hydroxyl groups is 2. The first-order valence-corrected chi connectivity index (χ1v) is 18.9. The van der Waals surface area contributed by atoms with E-state index in [1.807, 2.05) is 135 Å². The number of rotatable bonds is 16. The first-order chi connectivity index (χ1) is 26.7. The molecule has 1 heterocycles. The highest BCUT2D eigenvalue weighted by molar-refractivity contribution is 6.12. The van der Waals surface area contributed by atoms with Crippen LogP contribution in [-0.4, -0.2) is 43.7 Å². The van der Waals surface area contributed by atoms with Gasteiger partial charge in [-0.1, -0.05) is 123 Å². The van der Waals surface area contributed by atoms with Crippen LogP contribution in [0, 0.1) is 5.82 Å². The minimum atomic E-state index is -1.30. The molecule has 0 aliphatic heterocycles. The van der Waals surface area contributed by atoms with E-state index in [2.05, 4.69) is 9.88 Å². The summed E-state index contributed by atoms with van der Waals surface area (Å²) >= 11 is 0. The van der Waals surface area contributed by atoms with Gasteiger partial charge in [-0.2, -0.15) is 0 Å². The number of amides is 2. The van der Waals surface area contributed by atoms with Crippen LogP contribution in [0.2, 0.25) is 0 Å². The molecule has 2 amide bonds. The Bertz CT molecular complexity index is 2100. The van der Waals surface area contributed by atoms with E-state index in [4.69, 9.17) is 0 Å². The van der Waals surface area contributed by atoms with Crippen molar-refractivity contribution < 1.29 is 24.2 Å². The lowest BCUT2D eigenvalue weighted by molar-refractivity contribution is -0.142. The summed E-state index contributed by atoms with van der Waals surface area (Å²) in [5.74, 6) is -1.14. The van der Waals surface area contributed by atoms with E-state index in [-0.39, 0.29) is 36.9 Å². The maximum atomic E-state index is 14.4. The largest absolute Gasteiger partial charge is 0.393 e. The highest BCUT2D eigenvalue weighted by Gasteiger charge is 2.31. The van der Waals surface area contributed by atoms with E-state index in [0.29, 0.717) is 30.9 Å². The molecule has 282 valence electrons. The van der Waals surface area contributed by atoms with E-state index in [1.54, 1.807) is 17.0 Å². The van der Waals surface area contributed by atoms with Gasteiger partial charge >= 0.3 is 0 Å². The topological polar surface area (TPSA) is 94.8 Å². The summed E-state index contributed by atoms with van der Waals surface area (Å²) in [6.45, 7) is 5.08. The summed E-state index contributed by atoms with van der Waals surface area (Å²) in [6.07, 6.45) is -1.60. The summed E-state index contributed by atoms with van der Waals surface area (Å²) in [5.41, 5.74) is 6.89. The first kappa shape index (κ1) is 38.9. The average molecular weight is 738 g/mol. The van der Waals surface area contributed by atoms with Crippen LogP contribution >= 0.6 is 0 Å². The average Bonchev–Trinajstić information content (AvgIpc) is 3.56. The minimum absolute atomic E-state index is 0.0770. The fourth-order valence-electron chi connectivity index (χ4n) is 7.13.